The molecule has 0 spiro atoms. The summed E-state index contributed by atoms with van der Waals surface area (Å²) in [5, 5.41) is 12.2. The molecule has 5 nitrogen and oxygen atoms in total. The molecular formula is C17H29N3O2. The van der Waals surface area contributed by atoms with Crippen LogP contribution in [0.4, 0.5) is 5.82 Å². The molecule has 0 aliphatic heterocycles. The average molecular weight is 307 g/mol. The van der Waals surface area contributed by atoms with Crippen LogP contribution in [0.3, 0.4) is 0 Å². The Hall–Kier alpha value is -1.59. The molecule has 5 heteroatoms. The number of rotatable bonds is 11. The van der Waals surface area contributed by atoms with Crippen molar-refractivity contribution in [2.75, 3.05) is 25.6 Å². The fraction of sp³-hybridized carbons (Fsp3) is 0.588. The van der Waals surface area contributed by atoms with E-state index < -0.39 is 0 Å². The largest absolute Gasteiger partial charge is 0.511 e. The van der Waals surface area contributed by atoms with Crippen molar-refractivity contribution >= 4 is 5.82 Å². The second kappa shape index (κ2) is 10.2. The molecular weight excluding hydrogens is 278 g/mol. The SMILES string of the molecule is C=C(O)C(N)CCOCCCCc1ccc(CC)c(NC)n1. The second-order valence-corrected chi connectivity index (χ2v) is 5.37. The lowest BCUT2D eigenvalue weighted by Gasteiger charge is -2.10. The Morgan fingerprint density at radius 3 is 2.82 bits per heavy atom. The Labute approximate surface area is 133 Å². The lowest BCUT2D eigenvalue weighted by Crippen LogP contribution is -2.23. The summed E-state index contributed by atoms with van der Waals surface area (Å²) in [6.45, 7) is 6.79. The summed E-state index contributed by atoms with van der Waals surface area (Å²) < 4.78 is 5.51. The van der Waals surface area contributed by atoms with E-state index in [2.05, 4.69) is 35.9 Å². The normalized spacial score (nSPS) is 12.1. The molecule has 0 aromatic carbocycles. The van der Waals surface area contributed by atoms with Crippen LogP contribution in [-0.2, 0) is 17.6 Å². The molecule has 1 unspecified atom stereocenters. The van der Waals surface area contributed by atoms with Gasteiger partial charge in [0, 0.05) is 26.0 Å². The van der Waals surface area contributed by atoms with Crippen LogP contribution >= 0.6 is 0 Å². The zero-order valence-corrected chi connectivity index (χ0v) is 13.8. The Morgan fingerprint density at radius 1 is 1.41 bits per heavy atom. The van der Waals surface area contributed by atoms with Gasteiger partial charge in [0.2, 0.25) is 0 Å². The first-order valence-electron chi connectivity index (χ1n) is 7.96. The molecule has 0 saturated heterocycles. The minimum absolute atomic E-state index is 0.0190. The number of nitrogens with zero attached hydrogens (tertiary/aromatic N) is 1. The summed E-state index contributed by atoms with van der Waals surface area (Å²) in [4.78, 5) is 4.63. The highest BCUT2D eigenvalue weighted by Gasteiger charge is 2.05. The van der Waals surface area contributed by atoms with Gasteiger partial charge in [-0.1, -0.05) is 19.6 Å². The lowest BCUT2D eigenvalue weighted by molar-refractivity contribution is 0.122. The maximum Gasteiger partial charge on any atom is 0.129 e. The molecule has 1 atom stereocenters. The summed E-state index contributed by atoms with van der Waals surface area (Å²) in [7, 11) is 1.91. The number of unbranched alkanes of at least 4 members (excludes halogenated alkanes) is 1. The van der Waals surface area contributed by atoms with E-state index in [1.165, 1.54) is 5.56 Å². The molecule has 4 N–H and O–H groups in total. The number of nitrogens with two attached hydrogens (primary N) is 1. The van der Waals surface area contributed by atoms with Crippen LogP contribution in [0.1, 0.15) is 37.4 Å². The minimum atomic E-state index is -0.388. The third-order valence-electron chi connectivity index (χ3n) is 3.63. The zero-order chi connectivity index (χ0) is 16.4. The smallest absolute Gasteiger partial charge is 0.129 e. The molecule has 1 aromatic heterocycles. The Morgan fingerprint density at radius 2 is 2.18 bits per heavy atom. The van der Waals surface area contributed by atoms with Gasteiger partial charge in [-0.05, 0) is 43.7 Å². The van der Waals surface area contributed by atoms with E-state index in [0.717, 1.165) is 37.2 Å². The van der Waals surface area contributed by atoms with Crippen molar-refractivity contribution in [1.82, 2.24) is 4.98 Å². The van der Waals surface area contributed by atoms with Gasteiger partial charge in [0.05, 0.1) is 6.04 Å². The van der Waals surface area contributed by atoms with E-state index in [1.807, 2.05) is 7.05 Å². The average Bonchev–Trinajstić information content (AvgIpc) is 2.53. The van der Waals surface area contributed by atoms with Crippen molar-refractivity contribution < 1.29 is 9.84 Å². The maximum absolute atomic E-state index is 9.08. The van der Waals surface area contributed by atoms with Crippen molar-refractivity contribution in [1.29, 1.82) is 0 Å². The molecule has 0 amide bonds. The van der Waals surface area contributed by atoms with Gasteiger partial charge in [-0.25, -0.2) is 4.98 Å². The Bertz CT molecular complexity index is 463. The molecule has 0 aliphatic rings. The van der Waals surface area contributed by atoms with Crippen LogP contribution in [0.5, 0.6) is 0 Å². The van der Waals surface area contributed by atoms with Crippen molar-refractivity contribution in [3.8, 4) is 0 Å². The van der Waals surface area contributed by atoms with Crippen LogP contribution in [0, 0.1) is 0 Å². The third-order valence-corrected chi connectivity index (χ3v) is 3.63. The Kier molecular flexibility index (Phi) is 8.55. The number of aliphatic hydroxyl groups excluding tert-OH is 1. The monoisotopic (exact) mass is 307 g/mol. The highest BCUT2D eigenvalue weighted by Crippen LogP contribution is 2.15. The molecule has 0 bridgehead atoms. The number of anilines is 1. The number of aryl methyl sites for hydroxylation is 2. The van der Waals surface area contributed by atoms with Gasteiger partial charge in [-0.3, -0.25) is 0 Å². The molecule has 1 heterocycles. The van der Waals surface area contributed by atoms with E-state index in [1.54, 1.807) is 0 Å². The van der Waals surface area contributed by atoms with Gasteiger partial charge in [-0.2, -0.15) is 0 Å². The fourth-order valence-corrected chi connectivity index (χ4v) is 2.16. The predicted molar refractivity (Wildman–Crippen MR) is 91.3 cm³/mol. The highest BCUT2D eigenvalue weighted by atomic mass is 16.5. The lowest BCUT2D eigenvalue weighted by atomic mass is 10.1. The van der Waals surface area contributed by atoms with Crippen molar-refractivity contribution in [2.24, 2.45) is 5.73 Å². The van der Waals surface area contributed by atoms with E-state index >= 15 is 0 Å². The van der Waals surface area contributed by atoms with Crippen molar-refractivity contribution in [3.63, 3.8) is 0 Å². The standard InChI is InChI=1S/C17H29N3O2/c1-4-14-8-9-15(20-17(14)19-3)7-5-6-11-22-12-10-16(18)13(2)21/h8-9,16,21H,2,4-7,10-12,18H2,1,3H3,(H,19,20). The summed E-state index contributed by atoms with van der Waals surface area (Å²) in [6, 6.07) is 3.86. The Balaban J connectivity index is 2.18. The van der Waals surface area contributed by atoms with Crippen LogP contribution in [0.15, 0.2) is 24.5 Å². The highest BCUT2D eigenvalue weighted by molar-refractivity contribution is 5.44. The van der Waals surface area contributed by atoms with Crippen molar-refractivity contribution in [3.05, 3.63) is 35.7 Å². The van der Waals surface area contributed by atoms with Crippen LogP contribution < -0.4 is 11.1 Å². The molecule has 22 heavy (non-hydrogen) atoms. The summed E-state index contributed by atoms with van der Waals surface area (Å²) >= 11 is 0. The topological polar surface area (TPSA) is 80.4 Å². The number of pyridine rings is 1. The molecule has 0 aliphatic carbocycles. The summed E-state index contributed by atoms with van der Waals surface area (Å²) in [5.41, 5.74) is 8.00. The first kappa shape index (κ1) is 18.5. The quantitative estimate of drug-likeness (QED) is 0.433. The first-order chi connectivity index (χ1) is 10.6. The predicted octanol–water partition coefficient (Wildman–Crippen LogP) is 2.81. The van der Waals surface area contributed by atoms with Gasteiger partial charge >= 0.3 is 0 Å². The number of ether oxygens (including phenoxy) is 1. The van der Waals surface area contributed by atoms with Crippen LogP contribution in [0.25, 0.3) is 0 Å². The fourth-order valence-electron chi connectivity index (χ4n) is 2.16. The van der Waals surface area contributed by atoms with Gasteiger partial charge < -0.3 is 20.9 Å². The number of aromatic nitrogens is 1. The number of nitrogens with one attached hydrogen (secondary N) is 1. The molecule has 0 saturated carbocycles. The van der Waals surface area contributed by atoms with E-state index in [0.29, 0.717) is 19.6 Å². The molecule has 124 valence electrons. The molecule has 1 aromatic rings. The van der Waals surface area contributed by atoms with Gasteiger partial charge in [0.1, 0.15) is 11.6 Å². The number of hydrogen-bond donors (Lipinski definition) is 3. The van der Waals surface area contributed by atoms with Crippen LogP contribution in [-0.4, -0.2) is 36.4 Å². The van der Waals surface area contributed by atoms with Crippen molar-refractivity contribution in [2.45, 2.75) is 45.1 Å². The summed E-state index contributed by atoms with van der Waals surface area (Å²) in [6.07, 6.45) is 4.57. The first-order valence-corrected chi connectivity index (χ1v) is 7.96. The van der Waals surface area contributed by atoms with E-state index in [9.17, 15) is 0 Å². The number of hydrogen-bond acceptors (Lipinski definition) is 5. The maximum atomic E-state index is 9.08. The van der Waals surface area contributed by atoms with E-state index in [-0.39, 0.29) is 11.8 Å². The minimum Gasteiger partial charge on any atom is -0.511 e. The van der Waals surface area contributed by atoms with Gasteiger partial charge in [0.25, 0.3) is 0 Å². The van der Waals surface area contributed by atoms with Crippen LogP contribution in [0.2, 0.25) is 0 Å². The molecule has 0 fully saturated rings. The summed E-state index contributed by atoms with van der Waals surface area (Å²) in [5.74, 6) is 1.00. The zero-order valence-electron chi connectivity index (χ0n) is 13.8. The van der Waals surface area contributed by atoms with Gasteiger partial charge in [0.15, 0.2) is 0 Å². The molecule has 0 radical (unpaired) electrons. The molecule has 1 rings (SSSR count). The second-order valence-electron chi connectivity index (χ2n) is 5.37. The number of aliphatic hydroxyl groups is 1. The van der Waals surface area contributed by atoms with E-state index in [4.69, 9.17) is 15.6 Å². The third kappa shape index (κ3) is 6.45. The van der Waals surface area contributed by atoms with Gasteiger partial charge in [-0.15, -0.1) is 0 Å².